The van der Waals surface area contributed by atoms with Crippen LogP contribution >= 0.6 is 0 Å². The summed E-state index contributed by atoms with van der Waals surface area (Å²) >= 11 is 0. The van der Waals surface area contributed by atoms with E-state index in [1.54, 1.807) is 0 Å². The highest BCUT2D eigenvalue weighted by Crippen LogP contribution is 2.14. The first kappa shape index (κ1) is 22.4. The summed E-state index contributed by atoms with van der Waals surface area (Å²) in [5.74, 6) is 1.19. The molecule has 0 fully saturated rings. The number of carbonyl (C=O) groups excluding carboxylic acids is 1. The van der Waals surface area contributed by atoms with Crippen LogP contribution in [0, 0.1) is 11.8 Å². The van der Waals surface area contributed by atoms with Crippen LogP contribution in [-0.4, -0.2) is 31.1 Å². The van der Waals surface area contributed by atoms with Gasteiger partial charge in [-0.2, -0.15) is 0 Å². The topological polar surface area (TPSA) is 67.2 Å². The van der Waals surface area contributed by atoms with Gasteiger partial charge in [0.15, 0.2) is 0 Å². The molecule has 0 bridgehead atoms. The molecule has 0 aliphatic carbocycles. The minimum atomic E-state index is -0.0949. The second-order valence-corrected chi connectivity index (χ2v) is 7.37. The lowest BCUT2D eigenvalue weighted by Crippen LogP contribution is -2.51. The largest absolute Gasteiger partial charge is 0.355 e. The molecule has 0 heterocycles. The van der Waals surface area contributed by atoms with Gasteiger partial charge in [0.25, 0.3) is 0 Å². The minimum Gasteiger partial charge on any atom is -0.355 e. The third-order valence-electron chi connectivity index (χ3n) is 4.42. The first-order valence-corrected chi connectivity index (χ1v) is 9.67. The van der Waals surface area contributed by atoms with Crippen molar-refractivity contribution >= 4 is 5.91 Å². The van der Waals surface area contributed by atoms with Gasteiger partial charge in [-0.3, -0.25) is 4.79 Å². The number of carbonyl (C=O) groups is 1. The maximum atomic E-state index is 12.5. The summed E-state index contributed by atoms with van der Waals surface area (Å²) in [7, 11) is 0. The summed E-state index contributed by atoms with van der Waals surface area (Å²) < 4.78 is 0. The van der Waals surface area contributed by atoms with Crippen LogP contribution in [0.3, 0.4) is 0 Å². The summed E-state index contributed by atoms with van der Waals surface area (Å²) in [5.41, 5.74) is 5.59. The SMILES string of the molecule is CCCCCCNC(=O)C(CCCCN)NC(C(C)C)C(C)C. The number of nitrogens with two attached hydrogens (primary N) is 1. The molecular formula is C19H41N3O. The van der Waals surface area contributed by atoms with Crippen molar-refractivity contribution in [3.63, 3.8) is 0 Å². The zero-order valence-electron chi connectivity index (χ0n) is 16.2. The smallest absolute Gasteiger partial charge is 0.237 e. The number of hydrogen-bond donors (Lipinski definition) is 3. The molecular weight excluding hydrogens is 286 g/mol. The number of rotatable bonds is 14. The molecule has 0 aliphatic heterocycles. The van der Waals surface area contributed by atoms with E-state index >= 15 is 0 Å². The summed E-state index contributed by atoms with van der Waals surface area (Å²) in [5, 5.41) is 6.73. The molecule has 1 atom stereocenters. The summed E-state index contributed by atoms with van der Waals surface area (Å²) in [4.78, 5) is 12.5. The first-order valence-electron chi connectivity index (χ1n) is 9.67. The van der Waals surface area contributed by atoms with E-state index in [9.17, 15) is 4.79 Å². The zero-order valence-corrected chi connectivity index (χ0v) is 16.2. The number of hydrogen-bond acceptors (Lipinski definition) is 3. The molecule has 1 unspecified atom stereocenters. The van der Waals surface area contributed by atoms with Crippen LogP contribution in [0.25, 0.3) is 0 Å². The van der Waals surface area contributed by atoms with Crippen molar-refractivity contribution in [2.75, 3.05) is 13.1 Å². The average molecular weight is 328 g/mol. The molecule has 4 N–H and O–H groups in total. The third-order valence-corrected chi connectivity index (χ3v) is 4.42. The molecule has 0 saturated carbocycles. The molecule has 138 valence electrons. The zero-order chi connectivity index (χ0) is 17.7. The lowest BCUT2D eigenvalue weighted by molar-refractivity contribution is -0.123. The Bertz CT molecular complexity index is 284. The predicted octanol–water partition coefficient (Wildman–Crippen LogP) is 3.45. The Hall–Kier alpha value is -0.610. The maximum Gasteiger partial charge on any atom is 0.237 e. The first-order chi connectivity index (χ1) is 10.9. The van der Waals surface area contributed by atoms with Crippen LogP contribution in [0.2, 0.25) is 0 Å². The Morgan fingerprint density at radius 3 is 2.13 bits per heavy atom. The van der Waals surface area contributed by atoms with Gasteiger partial charge in [-0.1, -0.05) is 60.3 Å². The highest BCUT2D eigenvalue weighted by molar-refractivity contribution is 5.81. The quantitative estimate of drug-likeness (QED) is 0.428. The van der Waals surface area contributed by atoms with Crippen LogP contribution in [-0.2, 0) is 4.79 Å². The molecule has 0 spiro atoms. The van der Waals surface area contributed by atoms with E-state index in [0.717, 1.165) is 32.2 Å². The summed E-state index contributed by atoms with van der Waals surface area (Å²) in [6, 6.07) is 0.270. The Labute approximate surface area is 144 Å². The minimum absolute atomic E-state index is 0.0949. The van der Waals surface area contributed by atoms with Gasteiger partial charge in [0, 0.05) is 12.6 Å². The van der Waals surface area contributed by atoms with Gasteiger partial charge in [0.2, 0.25) is 5.91 Å². The van der Waals surface area contributed by atoms with E-state index in [1.165, 1.54) is 19.3 Å². The maximum absolute atomic E-state index is 12.5. The Morgan fingerprint density at radius 1 is 0.957 bits per heavy atom. The van der Waals surface area contributed by atoms with E-state index in [1.807, 2.05) is 0 Å². The molecule has 0 rings (SSSR count). The van der Waals surface area contributed by atoms with Crippen molar-refractivity contribution < 1.29 is 4.79 Å². The van der Waals surface area contributed by atoms with Crippen molar-refractivity contribution in [3.05, 3.63) is 0 Å². The van der Waals surface area contributed by atoms with Crippen molar-refractivity contribution in [1.82, 2.24) is 10.6 Å². The number of unbranched alkanes of at least 4 members (excludes halogenated alkanes) is 4. The van der Waals surface area contributed by atoms with Crippen LogP contribution in [0.5, 0.6) is 0 Å². The van der Waals surface area contributed by atoms with Gasteiger partial charge in [0.1, 0.15) is 0 Å². The number of nitrogens with one attached hydrogen (secondary N) is 2. The van der Waals surface area contributed by atoms with E-state index < -0.39 is 0 Å². The summed E-state index contributed by atoms with van der Waals surface area (Å²) in [6.07, 6.45) is 7.60. The average Bonchev–Trinajstić information content (AvgIpc) is 2.49. The third kappa shape index (κ3) is 10.7. The summed E-state index contributed by atoms with van der Waals surface area (Å²) in [6.45, 7) is 12.6. The monoisotopic (exact) mass is 327 g/mol. The fourth-order valence-corrected chi connectivity index (χ4v) is 3.06. The highest BCUT2D eigenvalue weighted by atomic mass is 16.2. The predicted molar refractivity (Wildman–Crippen MR) is 100 cm³/mol. The van der Waals surface area contributed by atoms with Crippen LogP contribution in [0.15, 0.2) is 0 Å². The molecule has 4 nitrogen and oxygen atoms in total. The van der Waals surface area contributed by atoms with E-state index in [4.69, 9.17) is 5.73 Å². The number of amides is 1. The molecule has 0 saturated heterocycles. The van der Waals surface area contributed by atoms with Crippen LogP contribution in [0.4, 0.5) is 0 Å². The van der Waals surface area contributed by atoms with Crippen LogP contribution in [0.1, 0.15) is 79.6 Å². The molecule has 0 aromatic heterocycles. The normalized spacial score (nSPS) is 13.1. The van der Waals surface area contributed by atoms with Crippen molar-refractivity contribution in [1.29, 1.82) is 0 Å². The molecule has 0 aromatic carbocycles. The van der Waals surface area contributed by atoms with E-state index in [2.05, 4.69) is 45.3 Å². The van der Waals surface area contributed by atoms with E-state index in [0.29, 0.717) is 24.4 Å². The lowest BCUT2D eigenvalue weighted by atomic mass is 9.91. The van der Waals surface area contributed by atoms with Gasteiger partial charge < -0.3 is 16.4 Å². The van der Waals surface area contributed by atoms with Gasteiger partial charge in [-0.15, -0.1) is 0 Å². The van der Waals surface area contributed by atoms with Gasteiger partial charge >= 0.3 is 0 Å². The Kier molecular flexibility index (Phi) is 13.4. The van der Waals surface area contributed by atoms with Crippen molar-refractivity contribution in [2.24, 2.45) is 17.6 Å². The highest BCUT2D eigenvalue weighted by Gasteiger charge is 2.25. The standard InChI is InChI=1S/C19H41N3O/c1-6-7-8-11-14-21-19(23)17(12-9-10-13-20)22-18(15(2)3)16(4)5/h15-18,22H,6-14,20H2,1-5H3,(H,21,23). The van der Waals surface area contributed by atoms with Gasteiger partial charge in [0.05, 0.1) is 6.04 Å². The second-order valence-electron chi connectivity index (χ2n) is 7.37. The molecule has 0 aromatic rings. The molecule has 1 amide bonds. The van der Waals surface area contributed by atoms with Gasteiger partial charge in [-0.25, -0.2) is 0 Å². The van der Waals surface area contributed by atoms with Crippen LogP contribution < -0.4 is 16.4 Å². The van der Waals surface area contributed by atoms with E-state index in [-0.39, 0.29) is 11.9 Å². The molecule has 4 heteroatoms. The van der Waals surface area contributed by atoms with Crippen molar-refractivity contribution in [2.45, 2.75) is 91.6 Å². The molecule has 0 aliphatic rings. The van der Waals surface area contributed by atoms with Gasteiger partial charge in [-0.05, 0) is 37.6 Å². The second kappa shape index (κ2) is 13.8. The molecule has 23 heavy (non-hydrogen) atoms. The fourth-order valence-electron chi connectivity index (χ4n) is 3.06. The fraction of sp³-hybridized carbons (Fsp3) is 0.947. The Balaban J connectivity index is 4.49. The van der Waals surface area contributed by atoms with Crippen molar-refractivity contribution in [3.8, 4) is 0 Å². The molecule has 0 radical (unpaired) electrons. The lowest BCUT2D eigenvalue weighted by Gasteiger charge is -2.31. The Morgan fingerprint density at radius 2 is 1.61 bits per heavy atom.